The van der Waals surface area contributed by atoms with Crippen molar-refractivity contribution in [2.24, 2.45) is 0 Å². The summed E-state index contributed by atoms with van der Waals surface area (Å²) in [4.78, 5) is 10.4. The largest absolute Gasteiger partial charge is 0.477 e. The van der Waals surface area contributed by atoms with E-state index in [1.165, 1.54) is 0 Å². The molecule has 0 saturated carbocycles. The Balaban J connectivity index is 3.56. The molecule has 0 bridgehead atoms. The van der Waals surface area contributed by atoms with Crippen LogP contribution in [0.15, 0.2) is 10.5 Å². The van der Waals surface area contributed by atoms with Gasteiger partial charge in [0.2, 0.25) is 0 Å². The minimum absolute atomic E-state index is 0.184. The minimum atomic E-state index is -1.70. The summed E-state index contributed by atoms with van der Waals surface area (Å²) < 4.78 is 25.7. The summed E-state index contributed by atoms with van der Waals surface area (Å²) in [5, 5.41) is 8.00. The lowest BCUT2D eigenvalue weighted by atomic mass is 10.2. The maximum atomic E-state index is 13.0. The summed E-state index contributed by atoms with van der Waals surface area (Å²) in [6, 6.07) is 0.957. The highest BCUT2D eigenvalue weighted by atomic mass is 79.9. The second-order valence-electron chi connectivity index (χ2n) is 2.15. The molecule has 13 heavy (non-hydrogen) atoms. The van der Waals surface area contributed by atoms with E-state index >= 15 is 0 Å². The zero-order chi connectivity index (χ0) is 10.2. The van der Waals surface area contributed by atoms with E-state index in [0.29, 0.717) is 0 Å². The summed E-state index contributed by atoms with van der Waals surface area (Å²) in [6.45, 7) is 0. The molecule has 6 heteroatoms. The average Bonchev–Trinajstić information content (AvgIpc) is 2.01. The van der Waals surface area contributed by atoms with Crippen LogP contribution in [0.1, 0.15) is 10.4 Å². The van der Waals surface area contributed by atoms with E-state index in [4.69, 9.17) is 16.7 Å². The lowest BCUT2D eigenvalue weighted by Crippen LogP contribution is -2.05. The SMILES string of the molecule is O=C(O)c1c(F)c(Cl)cc(Br)c1F. The quantitative estimate of drug-likeness (QED) is 0.797. The van der Waals surface area contributed by atoms with E-state index in [1.807, 2.05) is 0 Å². The molecular formula is C7H2BrClF2O2. The van der Waals surface area contributed by atoms with Gasteiger partial charge in [0.1, 0.15) is 5.56 Å². The van der Waals surface area contributed by atoms with Crippen molar-refractivity contribution >= 4 is 33.5 Å². The second-order valence-corrected chi connectivity index (χ2v) is 3.41. The van der Waals surface area contributed by atoms with Gasteiger partial charge in [-0.3, -0.25) is 0 Å². The van der Waals surface area contributed by atoms with E-state index in [0.717, 1.165) is 6.07 Å². The minimum Gasteiger partial charge on any atom is -0.477 e. The van der Waals surface area contributed by atoms with Crippen molar-refractivity contribution in [3.8, 4) is 0 Å². The van der Waals surface area contributed by atoms with Crippen molar-refractivity contribution in [3.05, 3.63) is 32.8 Å². The molecule has 0 spiro atoms. The maximum Gasteiger partial charge on any atom is 0.341 e. The van der Waals surface area contributed by atoms with Crippen LogP contribution in [-0.4, -0.2) is 11.1 Å². The fourth-order valence-electron chi connectivity index (χ4n) is 0.761. The molecule has 2 nitrogen and oxygen atoms in total. The summed E-state index contributed by atoms with van der Waals surface area (Å²) in [5.41, 5.74) is -1.06. The van der Waals surface area contributed by atoms with Gasteiger partial charge in [-0.05, 0) is 22.0 Å². The van der Waals surface area contributed by atoms with Gasteiger partial charge in [-0.15, -0.1) is 0 Å². The molecule has 0 fully saturated rings. The molecule has 0 heterocycles. The highest BCUT2D eigenvalue weighted by Gasteiger charge is 2.21. The first-order valence-corrected chi connectivity index (χ1v) is 4.18. The molecule has 0 aliphatic heterocycles. The molecule has 0 aliphatic carbocycles. The molecule has 1 rings (SSSR count). The number of aromatic carboxylic acids is 1. The van der Waals surface area contributed by atoms with Gasteiger partial charge in [-0.2, -0.15) is 0 Å². The Bertz CT molecular complexity index is 355. The fraction of sp³-hybridized carbons (Fsp3) is 0. The molecule has 0 amide bonds. The predicted octanol–water partition coefficient (Wildman–Crippen LogP) is 3.08. The third-order valence-electron chi connectivity index (χ3n) is 1.33. The van der Waals surface area contributed by atoms with Crippen LogP contribution in [0.4, 0.5) is 8.78 Å². The van der Waals surface area contributed by atoms with Crippen molar-refractivity contribution in [1.82, 2.24) is 0 Å². The van der Waals surface area contributed by atoms with Crippen molar-refractivity contribution < 1.29 is 18.7 Å². The zero-order valence-electron chi connectivity index (χ0n) is 5.94. The number of carboxylic acids is 1. The van der Waals surface area contributed by atoms with Crippen LogP contribution < -0.4 is 0 Å². The molecule has 0 unspecified atom stereocenters. The number of carboxylic acid groups (broad SMARTS) is 1. The van der Waals surface area contributed by atoms with Crippen LogP contribution in [-0.2, 0) is 0 Å². The lowest BCUT2D eigenvalue weighted by molar-refractivity contribution is 0.0686. The first-order chi connectivity index (χ1) is 5.95. The monoisotopic (exact) mass is 270 g/mol. The zero-order valence-corrected chi connectivity index (χ0v) is 8.29. The van der Waals surface area contributed by atoms with Crippen LogP contribution >= 0.6 is 27.5 Å². The van der Waals surface area contributed by atoms with Crippen molar-refractivity contribution in [3.63, 3.8) is 0 Å². The second kappa shape index (κ2) is 3.59. The maximum absolute atomic E-state index is 13.0. The smallest absolute Gasteiger partial charge is 0.341 e. The van der Waals surface area contributed by atoms with Gasteiger partial charge in [-0.1, -0.05) is 11.6 Å². The number of hydrogen-bond acceptors (Lipinski definition) is 1. The molecule has 70 valence electrons. The van der Waals surface area contributed by atoms with Crippen LogP contribution in [0.25, 0.3) is 0 Å². The molecule has 0 aromatic heterocycles. The normalized spacial score (nSPS) is 10.2. The summed E-state index contributed by atoms with van der Waals surface area (Å²) >= 11 is 8.01. The Morgan fingerprint density at radius 2 is 2.00 bits per heavy atom. The number of carbonyl (C=O) groups is 1. The molecule has 1 aromatic carbocycles. The molecule has 0 atom stereocenters. The van der Waals surface area contributed by atoms with Gasteiger partial charge in [0.15, 0.2) is 11.6 Å². The van der Waals surface area contributed by atoms with Gasteiger partial charge in [0, 0.05) is 0 Å². The van der Waals surface area contributed by atoms with Gasteiger partial charge in [0.25, 0.3) is 0 Å². The van der Waals surface area contributed by atoms with Crippen LogP contribution in [0.3, 0.4) is 0 Å². The summed E-state index contributed by atoms with van der Waals surface area (Å²) in [6.07, 6.45) is 0. The molecule has 1 N–H and O–H groups in total. The van der Waals surface area contributed by atoms with E-state index in [-0.39, 0.29) is 4.47 Å². The third kappa shape index (κ3) is 1.81. The fourth-order valence-corrected chi connectivity index (χ4v) is 1.52. The van der Waals surface area contributed by atoms with Crippen molar-refractivity contribution in [2.45, 2.75) is 0 Å². The molecule has 0 radical (unpaired) electrons. The Hall–Kier alpha value is -0.680. The van der Waals surface area contributed by atoms with Gasteiger partial charge >= 0.3 is 5.97 Å². The number of benzene rings is 1. The Morgan fingerprint density at radius 1 is 1.46 bits per heavy atom. The Morgan fingerprint density at radius 3 is 2.46 bits per heavy atom. The van der Waals surface area contributed by atoms with E-state index < -0.39 is 28.2 Å². The lowest BCUT2D eigenvalue weighted by Gasteiger charge is -2.03. The van der Waals surface area contributed by atoms with E-state index in [9.17, 15) is 13.6 Å². The van der Waals surface area contributed by atoms with Gasteiger partial charge < -0.3 is 5.11 Å². The Kier molecular flexibility index (Phi) is 2.87. The first-order valence-electron chi connectivity index (χ1n) is 3.01. The molecule has 0 aliphatic rings. The average molecular weight is 271 g/mol. The van der Waals surface area contributed by atoms with Crippen LogP contribution in [0.2, 0.25) is 5.02 Å². The number of hydrogen-bond donors (Lipinski definition) is 1. The highest BCUT2D eigenvalue weighted by molar-refractivity contribution is 9.10. The van der Waals surface area contributed by atoms with E-state index in [1.54, 1.807) is 0 Å². The standard InChI is InChI=1S/C7H2BrClF2O2/c8-2-1-3(9)6(11)4(5(2)10)7(12)13/h1H,(H,12,13). The molecule has 0 saturated heterocycles. The van der Waals surface area contributed by atoms with E-state index in [2.05, 4.69) is 15.9 Å². The number of rotatable bonds is 1. The Labute approximate surface area is 85.3 Å². The molecule has 1 aromatic rings. The third-order valence-corrected chi connectivity index (χ3v) is 2.18. The van der Waals surface area contributed by atoms with Crippen molar-refractivity contribution in [1.29, 1.82) is 0 Å². The summed E-state index contributed by atoms with van der Waals surface area (Å²) in [7, 11) is 0. The van der Waals surface area contributed by atoms with Gasteiger partial charge in [0.05, 0.1) is 9.50 Å². The predicted molar refractivity (Wildman–Crippen MR) is 46.0 cm³/mol. The highest BCUT2D eigenvalue weighted by Crippen LogP contribution is 2.27. The topological polar surface area (TPSA) is 37.3 Å². The van der Waals surface area contributed by atoms with Crippen LogP contribution in [0, 0.1) is 11.6 Å². The van der Waals surface area contributed by atoms with Crippen molar-refractivity contribution in [2.75, 3.05) is 0 Å². The van der Waals surface area contributed by atoms with Crippen LogP contribution in [0.5, 0.6) is 0 Å². The summed E-state index contributed by atoms with van der Waals surface area (Å²) in [5.74, 6) is -4.14. The van der Waals surface area contributed by atoms with Gasteiger partial charge in [-0.25, -0.2) is 13.6 Å². The number of halogens is 4. The first kappa shape index (κ1) is 10.4. The molecular weight excluding hydrogens is 269 g/mol.